The second kappa shape index (κ2) is 4.72. The lowest BCUT2D eigenvalue weighted by Gasteiger charge is -2.22. The van der Waals surface area contributed by atoms with Gasteiger partial charge in [0, 0.05) is 12.1 Å². The van der Waals surface area contributed by atoms with Gasteiger partial charge in [0.25, 0.3) is 5.91 Å². The molecular weight excluding hydrogens is 250 g/mol. The highest BCUT2D eigenvalue weighted by atomic mass is 16.4. The van der Waals surface area contributed by atoms with Gasteiger partial charge in [0.2, 0.25) is 0 Å². The van der Waals surface area contributed by atoms with Crippen molar-refractivity contribution in [3.8, 4) is 0 Å². The number of aryl methyl sites for hydroxylation is 1. The summed E-state index contributed by atoms with van der Waals surface area (Å²) in [6.45, 7) is 1.98. The maximum atomic E-state index is 12.1. The Balaban J connectivity index is 2.34. The molecular formula is C13H13NO5. The molecule has 1 aliphatic rings. The number of carboxylic acid groups (broad SMARTS) is 2. The lowest BCUT2D eigenvalue weighted by atomic mass is 10.1. The van der Waals surface area contributed by atoms with Gasteiger partial charge < -0.3 is 15.1 Å². The van der Waals surface area contributed by atoms with Crippen LogP contribution < -0.4 is 0 Å². The smallest absolute Gasteiger partial charge is 0.327 e. The summed E-state index contributed by atoms with van der Waals surface area (Å²) in [5, 5.41) is 17.8. The number of carbonyl (C=O) groups is 3. The molecule has 6 heteroatoms. The average Bonchev–Trinajstić information content (AvgIpc) is 2.65. The molecule has 0 fully saturated rings. The number of carbonyl (C=O) groups excluding carboxylic acids is 1. The van der Waals surface area contributed by atoms with Crippen molar-refractivity contribution >= 4 is 17.8 Å². The molecule has 0 radical (unpaired) electrons. The fourth-order valence-electron chi connectivity index (χ4n) is 2.26. The Hall–Kier alpha value is -2.37. The third-order valence-corrected chi connectivity index (χ3v) is 3.26. The molecule has 1 unspecified atom stereocenters. The molecule has 0 aromatic heterocycles. The van der Waals surface area contributed by atoms with E-state index in [1.165, 1.54) is 0 Å². The van der Waals surface area contributed by atoms with Crippen molar-refractivity contribution in [3.05, 3.63) is 34.9 Å². The lowest BCUT2D eigenvalue weighted by molar-refractivity contribution is -0.148. The van der Waals surface area contributed by atoms with E-state index in [0.717, 1.165) is 16.0 Å². The molecule has 0 aliphatic carbocycles. The molecule has 19 heavy (non-hydrogen) atoms. The largest absolute Gasteiger partial charge is 0.481 e. The first-order valence-electron chi connectivity index (χ1n) is 5.76. The minimum atomic E-state index is -1.34. The molecule has 1 aromatic rings. The zero-order chi connectivity index (χ0) is 14.2. The van der Waals surface area contributed by atoms with Crippen LogP contribution in [-0.4, -0.2) is 39.0 Å². The van der Waals surface area contributed by atoms with Crippen LogP contribution in [0, 0.1) is 6.92 Å². The number of benzene rings is 1. The number of hydrogen-bond acceptors (Lipinski definition) is 3. The molecule has 1 aromatic carbocycles. The van der Waals surface area contributed by atoms with E-state index in [2.05, 4.69) is 0 Å². The van der Waals surface area contributed by atoms with E-state index in [1.807, 2.05) is 13.0 Å². The molecule has 1 amide bonds. The third kappa shape index (κ3) is 2.29. The Bertz CT molecular complexity index is 566. The summed E-state index contributed by atoms with van der Waals surface area (Å²) in [5.74, 6) is -2.97. The standard InChI is InChI=1S/C13H13NO5/c1-7-3-2-4-8-9(7)6-14(12(8)17)10(13(18)19)5-11(15)16/h2-4,10H,5-6H2,1H3,(H,15,16)(H,18,19). The van der Waals surface area contributed by atoms with Crippen molar-refractivity contribution in [3.63, 3.8) is 0 Å². The van der Waals surface area contributed by atoms with E-state index in [0.29, 0.717) is 5.56 Å². The molecule has 1 heterocycles. The molecule has 6 nitrogen and oxygen atoms in total. The summed E-state index contributed by atoms with van der Waals surface area (Å²) < 4.78 is 0. The summed E-state index contributed by atoms with van der Waals surface area (Å²) in [5.41, 5.74) is 2.12. The predicted molar refractivity (Wildman–Crippen MR) is 64.7 cm³/mol. The molecule has 2 rings (SSSR count). The number of rotatable bonds is 4. The van der Waals surface area contributed by atoms with E-state index in [4.69, 9.17) is 10.2 Å². The van der Waals surface area contributed by atoms with E-state index in [-0.39, 0.29) is 6.54 Å². The Morgan fingerprint density at radius 2 is 2.05 bits per heavy atom. The van der Waals surface area contributed by atoms with Crippen LogP contribution in [0.4, 0.5) is 0 Å². The normalized spacial score (nSPS) is 15.2. The second-order valence-corrected chi connectivity index (χ2v) is 4.49. The minimum Gasteiger partial charge on any atom is -0.481 e. The van der Waals surface area contributed by atoms with Crippen LogP contribution >= 0.6 is 0 Å². The molecule has 2 N–H and O–H groups in total. The molecule has 1 atom stereocenters. The second-order valence-electron chi connectivity index (χ2n) is 4.49. The first kappa shape index (κ1) is 13.1. The fourth-order valence-corrected chi connectivity index (χ4v) is 2.26. The van der Waals surface area contributed by atoms with Gasteiger partial charge in [-0.15, -0.1) is 0 Å². The highest BCUT2D eigenvalue weighted by Crippen LogP contribution is 2.28. The van der Waals surface area contributed by atoms with E-state index in [1.54, 1.807) is 12.1 Å². The minimum absolute atomic E-state index is 0.144. The Morgan fingerprint density at radius 1 is 1.37 bits per heavy atom. The van der Waals surface area contributed by atoms with Crippen LogP contribution in [0.15, 0.2) is 18.2 Å². The number of carboxylic acids is 2. The van der Waals surface area contributed by atoms with Gasteiger partial charge in [-0.25, -0.2) is 4.79 Å². The van der Waals surface area contributed by atoms with Gasteiger partial charge >= 0.3 is 11.9 Å². The fraction of sp³-hybridized carbons (Fsp3) is 0.308. The summed E-state index contributed by atoms with van der Waals surface area (Å²) >= 11 is 0. The van der Waals surface area contributed by atoms with Crippen LogP contribution in [0.1, 0.15) is 27.9 Å². The molecule has 0 saturated heterocycles. The number of hydrogen-bond donors (Lipinski definition) is 2. The van der Waals surface area contributed by atoms with Crippen molar-refractivity contribution in [2.45, 2.75) is 25.9 Å². The van der Waals surface area contributed by atoms with Crippen molar-refractivity contribution < 1.29 is 24.6 Å². The van der Waals surface area contributed by atoms with Crippen molar-refractivity contribution in [2.75, 3.05) is 0 Å². The lowest BCUT2D eigenvalue weighted by Crippen LogP contribution is -2.42. The maximum Gasteiger partial charge on any atom is 0.327 e. The molecule has 0 saturated carbocycles. The van der Waals surface area contributed by atoms with Crippen LogP contribution in [0.25, 0.3) is 0 Å². The van der Waals surface area contributed by atoms with Gasteiger partial charge in [0.15, 0.2) is 0 Å². The Kier molecular flexibility index (Phi) is 3.25. The highest BCUT2D eigenvalue weighted by molar-refractivity contribution is 6.01. The van der Waals surface area contributed by atoms with Crippen LogP contribution in [0.3, 0.4) is 0 Å². The molecule has 0 bridgehead atoms. The van der Waals surface area contributed by atoms with Gasteiger partial charge in [-0.1, -0.05) is 12.1 Å². The summed E-state index contributed by atoms with van der Waals surface area (Å²) in [6, 6.07) is 3.85. The third-order valence-electron chi connectivity index (χ3n) is 3.26. The SMILES string of the molecule is Cc1cccc2c1CN(C(CC(=O)O)C(=O)O)C2=O. The zero-order valence-electron chi connectivity index (χ0n) is 10.3. The Labute approximate surface area is 109 Å². The number of fused-ring (bicyclic) bond motifs is 1. The van der Waals surface area contributed by atoms with Gasteiger partial charge in [-0.3, -0.25) is 9.59 Å². The van der Waals surface area contributed by atoms with Crippen LogP contribution in [0.5, 0.6) is 0 Å². The zero-order valence-corrected chi connectivity index (χ0v) is 10.3. The topological polar surface area (TPSA) is 94.9 Å². The van der Waals surface area contributed by atoms with Crippen LogP contribution in [0.2, 0.25) is 0 Å². The quantitative estimate of drug-likeness (QED) is 0.840. The van der Waals surface area contributed by atoms with Crippen molar-refractivity contribution in [1.29, 1.82) is 0 Å². The van der Waals surface area contributed by atoms with Crippen molar-refractivity contribution in [1.82, 2.24) is 4.90 Å². The van der Waals surface area contributed by atoms with E-state index < -0.39 is 30.3 Å². The first-order valence-corrected chi connectivity index (χ1v) is 5.76. The number of nitrogens with zero attached hydrogens (tertiary/aromatic N) is 1. The predicted octanol–water partition coefficient (Wildman–Crippen LogP) is 0.879. The maximum absolute atomic E-state index is 12.1. The van der Waals surface area contributed by atoms with Gasteiger partial charge in [0.1, 0.15) is 6.04 Å². The number of amides is 1. The highest BCUT2D eigenvalue weighted by Gasteiger charge is 2.37. The molecule has 100 valence electrons. The number of aliphatic carboxylic acids is 2. The summed E-state index contributed by atoms with van der Waals surface area (Å²) in [7, 11) is 0. The van der Waals surface area contributed by atoms with Gasteiger partial charge in [-0.2, -0.15) is 0 Å². The van der Waals surface area contributed by atoms with Crippen LogP contribution in [-0.2, 0) is 16.1 Å². The van der Waals surface area contributed by atoms with Crippen molar-refractivity contribution in [2.24, 2.45) is 0 Å². The van der Waals surface area contributed by atoms with E-state index in [9.17, 15) is 14.4 Å². The molecule has 0 spiro atoms. The monoisotopic (exact) mass is 263 g/mol. The van der Waals surface area contributed by atoms with Gasteiger partial charge in [-0.05, 0) is 24.1 Å². The first-order chi connectivity index (χ1) is 8.91. The Morgan fingerprint density at radius 3 is 2.58 bits per heavy atom. The summed E-state index contributed by atoms with van der Waals surface area (Å²) in [6.07, 6.45) is -0.603. The average molecular weight is 263 g/mol. The molecule has 1 aliphatic heterocycles. The van der Waals surface area contributed by atoms with E-state index >= 15 is 0 Å². The van der Waals surface area contributed by atoms with Gasteiger partial charge in [0.05, 0.1) is 6.42 Å². The summed E-state index contributed by atoms with van der Waals surface area (Å²) in [4.78, 5) is 35.1.